The fourth-order valence-corrected chi connectivity index (χ4v) is 1.81. The van der Waals surface area contributed by atoms with Crippen LogP contribution in [0.2, 0.25) is 0 Å². The second-order valence-electron chi connectivity index (χ2n) is 4.53. The van der Waals surface area contributed by atoms with Crippen LogP contribution in [0.4, 0.5) is 10.5 Å². The number of methoxy groups -OCH3 is 1. The van der Waals surface area contributed by atoms with E-state index in [1.807, 2.05) is 18.2 Å². The first-order valence-electron chi connectivity index (χ1n) is 6.95. The van der Waals surface area contributed by atoms with Crippen molar-refractivity contribution in [2.24, 2.45) is 0 Å². The molecule has 1 rings (SSSR count). The average molecular weight is 264 g/mol. The van der Waals surface area contributed by atoms with Gasteiger partial charge >= 0.3 is 6.03 Å². The van der Waals surface area contributed by atoms with E-state index in [9.17, 15) is 4.79 Å². The van der Waals surface area contributed by atoms with Gasteiger partial charge in [-0.15, -0.1) is 0 Å². The maximum atomic E-state index is 11.6. The summed E-state index contributed by atoms with van der Waals surface area (Å²) >= 11 is 0. The monoisotopic (exact) mass is 264 g/mol. The summed E-state index contributed by atoms with van der Waals surface area (Å²) in [7, 11) is 1.61. The molecule has 0 heterocycles. The van der Waals surface area contributed by atoms with Gasteiger partial charge in [0.1, 0.15) is 5.75 Å². The highest BCUT2D eigenvalue weighted by Gasteiger charge is 2.01. The van der Waals surface area contributed by atoms with E-state index in [4.69, 9.17) is 4.74 Å². The number of hydrogen-bond acceptors (Lipinski definition) is 2. The molecule has 106 valence electrons. The lowest BCUT2D eigenvalue weighted by Gasteiger charge is -2.08. The second kappa shape index (κ2) is 9.25. The molecule has 1 aromatic rings. The summed E-state index contributed by atoms with van der Waals surface area (Å²) in [5, 5.41) is 5.64. The van der Waals surface area contributed by atoms with Gasteiger partial charge < -0.3 is 15.4 Å². The number of hydrogen-bond donors (Lipinski definition) is 2. The summed E-state index contributed by atoms with van der Waals surface area (Å²) in [5.41, 5.74) is 0.739. The highest BCUT2D eigenvalue weighted by atomic mass is 16.5. The van der Waals surface area contributed by atoms with Gasteiger partial charge in [-0.2, -0.15) is 0 Å². The maximum absolute atomic E-state index is 11.6. The fourth-order valence-electron chi connectivity index (χ4n) is 1.81. The van der Waals surface area contributed by atoms with Crippen LogP contribution in [0.3, 0.4) is 0 Å². The molecule has 0 saturated heterocycles. The minimum Gasteiger partial charge on any atom is -0.497 e. The Bertz CT molecular complexity index is 380. The third-order valence-electron chi connectivity index (χ3n) is 2.89. The molecule has 2 N–H and O–H groups in total. The van der Waals surface area contributed by atoms with Gasteiger partial charge in [-0.3, -0.25) is 0 Å². The van der Waals surface area contributed by atoms with Crippen molar-refractivity contribution in [3.8, 4) is 5.75 Å². The van der Waals surface area contributed by atoms with Crippen LogP contribution in [0.5, 0.6) is 5.75 Å². The third kappa shape index (κ3) is 6.70. The zero-order chi connectivity index (χ0) is 13.9. The minimum absolute atomic E-state index is 0.163. The molecule has 0 saturated carbocycles. The van der Waals surface area contributed by atoms with Crippen molar-refractivity contribution in [1.29, 1.82) is 0 Å². The van der Waals surface area contributed by atoms with E-state index in [1.165, 1.54) is 25.7 Å². The highest BCUT2D eigenvalue weighted by Crippen LogP contribution is 2.16. The summed E-state index contributed by atoms with van der Waals surface area (Å²) in [4.78, 5) is 11.6. The summed E-state index contributed by atoms with van der Waals surface area (Å²) in [6, 6.07) is 7.16. The van der Waals surface area contributed by atoms with Crippen molar-refractivity contribution in [1.82, 2.24) is 5.32 Å². The standard InChI is InChI=1S/C15H24N2O2/c1-3-4-5-6-7-11-16-15(18)17-13-9-8-10-14(12-13)19-2/h8-10,12H,3-7,11H2,1-2H3,(H2,16,17,18). The molecule has 0 radical (unpaired) electrons. The molecule has 0 unspecified atom stereocenters. The average Bonchev–Trinajstić information content (AvgIpc) is 2.43. The van der Waals surface area contributed by atoms with Gasteiger partial charge in [0.05, 0.1) is 7.11 Å². The quantitative estimate of drug-likeness (QED) is 0.702. The number of anilines is 1. The van der Waals surface area contributed by atoms with Crippen LogP contribution in [0.1, 0.15) is 39.0 Å². The van der Waals surface area contributed by atoms with E-state index in [-0.39, 0.29) is 6.03 Å². The molecule has 4 heteroatoms. The molecular formula is C15H24N2O2. The van der Waals surface area contributed by atoms with E-state index < -0.39 is 0 Å². The molecule has 0 aliphatic carbocycles. The first-order valence-corrected chi connectivity index (χ1v) is 6.95. The van der Waals surface area contributed by atoms with Crippen molar-refractivity contribution < 1.29 is 9.53 Å². The van der Waals surface area contributed by atoms with E-state index in [0.717, 1.165) is 24.4 Å². The van der Waals surface area contributed by atoms with Crippen LogP contribution in [-0.4, -0.2) is 19.7 Å². The predicted octanol–water partition coefficient (Wildman–Crippen LogP) is 3.79. The molecule has 2 amide bonds. The van der Waals surface area contributed by atoms with Gasteiger partial charge in [0, 0.05) is 18.3 Å². The number of nitrogens with one attached hydrogen (secondary N) is 2. The van der Waals surface area contributed by atoms with Crippen molar-refractivity contribution >= 4 is 11.7 Å². The first kappa shape index (κ1) is 15.3. The van der Waals surface area contributed by atoms with Crippen LogP contribution in [0.15, 0.2) is 24.3 Å². The molecule has 4 nitrogen and oxygen atoms in total. The number of urea groups is 1. The minimum atomic E-state index is -0.163. The normalized spacial score (nSPS) is 10.0. The number of rotatable bonds is 8. The van der Waals surface area contributed by atoms with Gasteiger partial charge in [-0.1, -0.05) is 38.7 Å². The maximum Gasteiger partial charge on any atom is 0.319 e. The van der Waals surface area contributed by atoms with Gasteiger partial charge in [0.25, 0.3) is 0 Å². The summed E-state index contributed by atoms with van der Waals surface area (Å²) in [6.07, 6.45) is 5.97. The smallest absolute Gasteiger partial charge is 0.319 e. The number of carbonyl (C=O) groups is 1. The van der Waals surface area contributed by atoms with Crippen LogP contribution < -0.4 is 15.4 Å². The van der Waals surface area contributed by atoms with Gasteiger partial charge in [-0.05, 0) is 18.6 Å². The Balaban J connectivity index is 2.19. The number of amides is 2. The van der Waals surface area contributed by atoms with Crippen molar-refractivity contribution in [2.45, 2.75) is 39.0 Å². The Kier molecular flexibility index (Phi) is 7.47. The SMILES string of the molecule is CCCCCCCNC(=O)Nc1cccc(OC)c1. The van der Waals surface area contributed by atoms with Gasteiger partial charge in [0.15, 0.2) is 0 Å². The third-order valence-corrected chi connectivity index (χ3v) is 2.89. The lowest BCUT2D eigenvalue weighted by molar-refractivity contribution is 0.252. The molecule has 1 aromatic carbocycles. The van der Waals surface area contributed by atoms with Crippen LogP contribution in [0.25, 0.3) is 0 Å². The summed E-state index contributed by atoms with van der Waals surface area (Å²) in [5.74, 6) is 0.734. The first-order chi connectivity index (χ1) is 9.26. The Morgan fingerprint density at radius 2 is 2.00 bits per heavy atom. The Labute approximate surface area is 115 Å². The largest absolute Gasteiger partial charge is 0.497 e. The van der Waals surface area contributed by atoms with Crippen LogP contribution in [0, 0.1) is 0 Å². The van der Waals surface area contributed by atoms with Crippen molar-refractivity contribution in [2.75, 3.05) is 19.0 Å². The van der Waals surface area contributed by atoms with E-state index in [0.29, 0.717) is 0 Å². The Hall–Kier alpha value is -1.71. The highest BCUT2D eigenvalue weighted by molar-refractivity contribution is 5.89. The van der Waals surface area contributed by atoms with Crippen molar-refractivity contribution in [3.05, 3.63) is 24.3 Å². The molecular weight excluding hydrogens is 240 g/mol. The number of unbranched alkanes of at least 4 members (excludes halogenated alkanes) is 4. The van der Waals surface area contributed by atoms with E-state index in [1.54, 1.807) is 13.2 Å². The second-order valence-corrected chi connectivity index (χ2v) is 4.53. The summed E-state index contributed by atoms with van der Waals surface area (Å²) < 4.78 is 5.10. The molecule has 0 aliphatic rings. The van der Waals surface area contributed by atoms with Crippen LogP contribution in [-0.2, 0) is 0 Å². The van der Waals surface area contributed by atoms with E-state index >= 15 is 0 Å². The molecule has 0 atom stereocenters. The van der Waals surface area contributed by atoms with Gasteiger partial charge in [-0.25, -0.2) is 4.79 Å². The zero-order valence-corrected chi connectivity index (χ0v) is 11.9. The fraction of sp³-hybridized carbons (Fsp3) is 0.533. The molecule has 0 spiro atoms. The Morgan fingerprint density at radius 3 is 2.74 bits per heavy atom. The van der Waals surface area contributed by atoms with Crippen molar-refractivity contribution in [3.63, 3.8) is 0 Å². The van der Waals surface area contributed by atoms with E-state index in [2.05, 4.69) is 17.6 Å². The molecule has 0 fully saturated rings. The Morgan fingerprint density at radius 1 is 1.21 bits per heavy atom. The zero-order valence-electron chi connectivity index (χ0n) is 11.9. The predicted molar refractivity (Wildman–Crippen MR) is 78.8 cm³/mol. The van der Waals surface area contributed by atoms with Crippen LogP contribution >= 0.6 is 0 Å². The molecule has 0 bridgehead atoms. The topological polar surface area (TPSA) is 50.4 Å². The molecule has 0 aliphatic heterocycles. The summed E-state index contributed by atoms with van der Waals surface area (Å²) in [6.45, 7) is 2.92. The van der Waals surface area contributed by atoms with Gasteiger partial charge in [0.2, 0.25) is 0 Å². The number of carbonyl (C=O) groups excluding carboxylic acids is 1. The molecule has 19 heavy (non-hydrogen) atoms. The lowest BCUT2D eigenvalue weighted by atomic mass is 10.1. The lowest BCUT2D eigenvalue weighted by Crippen LogP contribution is -2.29. The number of benzene rings is 1. The number of ether oxygens (including phenoxy) is 1. The molecule has 0 aromatic heterocycles.